The molecule has 8 heteroatoms. The first-order chi connectivity index (χ1) is 12.2. The lowest BCUT2D eigenvalue weighted by molar-refractivity contribution is 0.280. The van der Waals surface area contributed by atoms with E-state index in [9.17, 15) is 10.2 Å². The van der Waals surface area contributed by atoms with Crippen molar-refractivity contribution in [2.24, 2.45) is 0 Å². The van der Waals surface area contributed by atoms with E-state index in [0.717, 1.165) is 21.1 Å². The van der Waals surface area contributed by atoms with Crippen LogP contribution in [-0.2, 0) is 0 Å². The lowest BCUT2D eigenvalue weighted by atomic mass is 10.2. The summed E-state index contributed by atoms with van der Waals surface area (Å²) in [4.78, 5) is 14.9. The molecule has 130 valence electrons. The normalized spacial score (nSPS) is 10.8. The molecule has 0 unspecified atom stereocenters. The van der Waals surface area contributed by atoms with Crippen molar-refractivity contribution in [1.82, 2.24) is 15.0 Å². The Morgan fingerprint density at radius 3 is 2.56 bits per heavy atom. The summed E-state index contributed by atoms with van der Waals surface area (Å²) in [5.41, 5.74) is 1.64. The first-order valence-corrected chi connectivity index (χ1v) is 8.60. The fraction of sp³-hybridized carbons (Fsp3) is 0.235. The number of halogens is 1. The summed E-state index contributed by atoms with van der Waals surface area (Å²) in [7, 11) is 0. The molecule has 2 aromatic heterocycles. The van der Waals surface area contributed by atoms with Gasteiger partial charge in [-0.05, 0) is 18.2 Å². The number of aromatic nitrogens is 3. The number of anilines is 3. The predicted molar refractivity (Wildman–Crippen MR) is 101 cm³/mol. The maximum atomic E-state index is 9.18. The molecule has 0 aliphatic rings. The van der Waals surface area contributed by atoms with Gasteiger partial charge < -0.3 is 20.4 Å². The number of fused-ring (bicyclic) bond motifs is 1. The van der Waals surface area contributed by atoms with Crippen LogP contribution in [0.15, 0.2) is 47.3 Å². The molecule has 3 aromatic rings. The second-order valence-electron chi connectivity index (χ2n) is 5.35. The molecule has 0 radical (unpaired) electrons. The minimum absolute atomic E-state index is 0.0147. The summed E-state index contributed by atoms with van der Waals surface area (Å²) >= 11 is 3.45. The number of nitrogens with one attached hydrogen (secondary N) is 1. The third kappa shape index (κ3) is 4.22. The molecule has 0 aliphatic carbocycles. The summed E-state index contributed by atoms with van der Waals surface area (Å²) in [5.74, 6) is 1.32. The number of rotatable bonds is 7. The molecule has 0 bridgehead atoms. The van der Waals surface area contributed by atoms with Crippen LogP contribution in [-0.4, -0.2) is 51.5 Å². The van der Waals surface area contributed by atoms with E-state index >= 15 is 0 Å². The van der Waals surface area contributed by atoms with Crippen molar-refractivity contribution in [3.05, 3.63) is 47.3 Å². The largest absolute Gasteiger partial charge is 0.395 e. The van der Waals surface area contributed by atoms with Crippen molar-refractivity contribution >= 4 is 44.2 Å². The Morgan fingerprint density at radius 2 is 1.84 bits per heavy atom. The lowest BCUT2D eigenvalue weighted by Crippen LogP contribution is -2.30. The van der Waals surface area contributed by atoms with E-state index in [1.54, 1.807) is 6.20 Å². The molecule has 3 rings (SSSR count). The molecule has 0 saturated carbocycles. The topological polar surface area (TPSA) is 94.4 Å². The lowest BCUT2D eigenvalue weighted by Gasteiger charge is -2.21. The summed E-state index contributed by atoms with van der Waals surface area (Å²) in [6.45, 7) is 0.763. The van der Waals surface area contributed by atoms with E-state index in [4.69, 9.17) is 0 Å². The molecule has 0 spiro atoms. The Labute approximate surface area is 153 Å². The van der Waals surface area contributed by atoms with Gasteiger partial charge >= 0.3 is 0 Å². The highest BCUT2D eigenvalue weighted by atomic mass is 79.9. The van der Waals surface area contributed by atoms with E-state index in [2.05, 4.69) is 36.2 Å². The average Bonchev–Trinajstić information content (AvgIpc) is 2.61. The van der Waals surface area contributed by atoms with Crippen LogP contribution in [0.4, 0.5) is 17.3 Å². The molecule has 0 atom stereocenters. The van der Waals surface area contributed by atoms with Crippen molar-refractivity contribution in [2.75, 3.05) is 36.5 Å². The van der Waals surface area contributed by atoms with Crippen LogP contribution in [0.3, 0.4) is 0 Å². The van der Waals surface area contributed by atoms with Gasteiger partial charge in [-0.15, -0.1) is 0 Å². The van der Waals surface area contributed by atoms with Crippen LogP contribution in [0.5, 0.6) is 0 Å². The minimum Gasteiger partial charge on any atom is -0.395 e. The van der Waals surface area contributed by atoms with Gasteiger partial charge in [0.15, 0.2) is 0 Å². The molecular weight excluding hydrogens is 386 g/mol. The van der Waals surface area contributed by atoms with Gasteiger partial charge in [-0.2, -0.15) is 0 Å². The Hall–Kier alpha value is -2.29. The number of hydrogen-bond donors (Lipinski definition) is 3. The highest BCUT2D eigenvalue weighted by Crippen LogP contribution is 2.26. The van der Waals surface area contributed by atoms with Crippen LogP contribution in [0.25, 0.3) is 10.9 Å². The maximum Gasteiger partial charge on any atom is 0.143 e. The first kappa shape index (κ1) is 17.5. The third-order valence-corrected chi connectivity index (χ3v) is 4.15. The number of aliphatic hydroxyl groups excluding tert-OH is 2. The van der Waals surface area contributed by atoms with Crippen LogP contribution in [0.2, 0.25) is 0 Å². The Balaban J connectivity index is 1.94. The van der Waals surface area contributed by atoms with Crippen LogP contribution < -0.4 is 10.2 Å². The second kappa shape index (κ2) is 8.19. The maximum absolute atomic E-state index is 9.18. The van der Waals surface area contributed by atoms with Crippen LogP contribution >= 0.6 is 15.9 Å². The molecule has 3 N–H and O–H groups in total. The van der Waals surface area contributed by atoms with Crippen molar-refractivity contribution in [3.63, 3.8) is 0 Å². The van der Waals surface area contributed by atoms with Crippen LogP contribution in [0, 0.1) is 0 Å². The zero-order valence-corrected chi connectivity index (χ0v) is 15.0. The number of aliphatic hydroxyl groups is 2. The van der Waals surface area contributed by atoms with Crippen LogP contribution in [0.1, 0.15) is 0 Å². The smallest absolute Gasteiger partial charge is 0.143 e. The quantitative estimate of drug-likeness (QED) is 0.557. The molecule has 1 aromatic carbocycles. The van der Waals surface area contributed by atoms with Crippen molar-refractivity contribution in [1.29, 1.82) is 0 Å². The first-order valence-electron chi connectivity index (χ1n) is 7.81. The molecule has 2 heterocycles. The van der Waals surface area contributed by atoms with Gasteiger partial charge in [0.25, 0.3) is 0 Å². The monoisotopic (exact) mass is 403 g/mol. The van der Waals surface area contributed by atoms with E-state index in [0.29, 0.717) is 24.7 Å². The zero-order chi connectivity index (χ0) is 17.6. The molecule has 0 saturated heterocycles. The van der Waals surface area contributed by atoms with Gasteiger partial charge in [-0.3, -0.25) is 0 Å². The minimum atomic E-state index is -0.0147. The van der Waals surface area contributed by atoms with E-state index in [-0.39, 0.29) is 13.2 Å². The molecule has 7 nitrogen and oxygen atoms in total. The molecule has 0 amide bonds. The second-order valence-corrected chi connectivity index (χ2v) is 6.27. The summed E-state index contributed by atoms with van der Waals surface area (Å²) in [6.07, 6.45) is 3.20. The summed E-state index contributed by atoms with van der Waals surface area (Å²) in [6, 6.07) is 9.63. The summed E-state index contributed by atoms with van der Waals surface area (Å²) in [5, 5.41) is 22.4. The van der Waals surface area contributed by atoms with Gasteiger partial charge in [-0.25, -0.2) is 15.0 Å². The predicted octanol–water partition coefficient (Wildman–Crippen LogP) is 2.32. The number of benzene rings is 1. The Bertz CT molecular complexity index is 855. The third-order valence-electron chi connectivity index (χ3n) is 3.66. The van der Waals surface area contributed by atoms with E-state index in [1.807, 2.05) is 35.2 Å². The van der Waals surface area contributed by atoms with Gasteiger partial charge in [0.1, 0.15) is 18.0 Å². The molecule has 25 heavy (non-hydrogen) atoms. The molecule has 0 fully saturated rings. The number of hydrogen-bond acceptors (Lipinski definition) is 7. The van der Waals surface area contributed by atoms with Crippen molar-refractivity contribution in [2.45, 2.75) is 0 Å². The molecular formula is C17H18BrN5O2. The highest BCUT2D eigenvalue weighted by molar-refractivity contribution is 9.10. The van der Waals surface area contributed by atoms with Gasteiger partial charge in [0, 0.05) is 35.5 Å². The Morgan fingerprint density at radius 1 is 1.04 bits per heavy atom. The van der Waals surface area contributed by atoms with E-state index < -0.39 is 0 Å². The van der Waals surface area contributed by atoms with Gasteiger partial charge in [-0.1, -0.05) is 22.0 Å². The SMILES string of the molecule is OCCN(CCO)c1cc2ncnc(Nc3cccc(Br)c3)c2cn1. The Kier molecular flexibility index (Phi) is 5.75. The number of pyridine rings is 1. The van der Waals surface area contributed by atoms with Gasteiger partial charge in [0.2, 0.25) is 0 Å². The molecule has 0 aliphatic heterocycles. The number of nitrogens with zero attached hydrogens (tertiary/aromatic N) is 4. The zero-order valence-electron chi connectivity index (χ0n) is 13.4. The average molecular weight is 404 g/mol. The van der Waals surface area contributed by atoms with Crippen molar-refractivity contribution in [3.8, 4) is 0 Å². The van der Waals surface area contributed by atoms with E-state index in [1.165, 1.54) is 6.33 Å². The van der Waals surface area contributed by atoms with Crippen molar-refractivity contribution < 1.29 is 10.2 Å². The fourth-order valence-corrected chi connectivity index (χ4v) is 2.90. The van der Waals surface area contributed by atoms with Gasteiger partial charge in [0.05, 0.1) is 24.1 Å². The summed E-state index contributed by atoms with van der Waals surface area (Å²) < 4.78 is 0.972. The standard InChI is InChI=1S/C17H18BrN5O2/c18-12-2-1-3-13(8-12)22-17-14-10-19-16(9-15(14)20-11-21-17)23(4-6-24)5-7-25/h1-3,8-11,24-25H,4-7H2,(H,20,21,22). The fourth-order valence-electron chi connectivity index (χ4n) is 2.50. The highest BCUT2D eigenvalue weighted by Gasteiger charge is 2.11.